The summed E-state index contributed by atoms with van der Waals surface area (Å²) in [5.41, 5.74) is 1.06. The molecule has 4 nitrogen and oxygen atoms in total. The van der Waals surface area contributed by atoms with Gasteiger partial charge in [0.1, 0.15) is 5.82 Å². The third-order valence-corrected chi connectivity index (χ3v) is 3.77. The molecule has 122 valence electrons. The first kappa shape index (κ1) is 16.7. The van der Waals surface area contributed by atoms with Crippen LogP contribution in [0, 0.1) is 5.82 Å². The Morgan fingerprint density at radius 3 is 2.82 bits per heavy atom. The quantitative estimate of drug-likeness (QED) is 0.648. The first-order valence-corrected chi connectivity index (χ1v) is 8.04. The van der Waals surface area contributed by atoms with Crippen molar-refractivity contribution in [1.82, 2.24) is 10.2 Å². The number of benzene rings is 1. The second-order valence-corrected chi connectivity index (χ2v) is 5.64. The SMILES string of the molecule is CCNC(=NCCC1CCCO1)N(C)Cc1ccc(F)cc1. The van der Waals surface area contributed by atoms with Gasteiger partial charge >= 0.3 is 0 Å². The van der Waals surface area contributed by atoms with E-state index in [0.717, 1.165) is 44.1 Å². The van der Waals surface area contributed by atoms with Crippen molar-refractivity contribution in [3.63, 3.8) is 0 Å². The molecule has 0 aliphatic carbocycles. The maximum atomic E-state index is 13.0. The Balaban J connectivity index is 1.88. The maximum Gasteiger partial charge on any atom is 0.193 e. The number of hydrogen-bond donors (Lipinski definition) is 1. The first-order chi connectivity index (χ1) is 10.7. The lowest BCUT2D eigenvalue weighted by molar-refractivity contribution is 0.106. The highest BCUT2D eigenvalue weighted by Gasteiger charge is 2.15. The van der Waals surface area contributed by atoms with Crippen LogP contribution in [0.1, 0.15) is 31.7 Å². The summed E-state index contributed by atoms with van der Waals surface area (Å²) < 4.78 is 18.6. The van der Waals surface area contributed by atoms with Crippen molar-refractivity contribution in [3.8, 4) is 0 Å². The second-order valence-electron chi connectivity index (χ2n) is 5.64. The average molecular weight is 307 g/mol. The number of hydrogen-bond acceptors (Lipinski definition) is 2. The lowest BCUT2D eigenvalue weighted by Gasteiger charge is -2.22. The fourth-order valence-corrected chi connectivity index (χ4v) is 2.59. The molecule has 22 heavy (non-hydrogen) atoms. The molecular formula is C17H26FN3O. The lowest BCUT2D eigenvalue weighted by Crippen LogP contribution is -2.38. The minimum absolute atomic E-state index is 0.205. The Morgan fingerprint density at radius 1 is 1.41 bits per heavy atom. The Hall–Kier alpha value is -1.62. The van der Waals surface area contributed by atoms with E-state index in [-0.39, 0.29) is 5.82 Å². The number of guanidine groups is 1. The summed E-state index contributed by atoms with van der Waals surface area (Å²) in [6.45, 7) is 5.24. The number of ether oxygens (including phenoxy) is 1. The number of nitrogens with one attached hydrogen (secondary N) is 1. The molecule has 0 saturated carbocycles. The van der Waals surface area contributed by atoms with Crippen LogP contribution in [-0.2, 0) is 11.3 Å². The van der Waals surface area contributed by atoms with E-state index in [9.17, 15) is 4.39 Å². The fraction of sp³-hybridized carbons (Fsp3) is 0.588. The Labute approximate surface area is 132 Å². The van der Waals surface area contributed by atoms with Crippen LogP contribution in [0.4, 0.5) is 4.39 Å². The molecule has 5 heteroatoms. The second kappa shape index (κ2) is 8.73. The zero-order valence-electron chi connectivity index (χ0n) is 13.5. The predicted octanol–water partition coefficient (Wildman–Crippen LogP) is 2.79. The molecule has 0 bridgehead atoms. The van der Waals surface area contributed by atoms with E-state index >= 15 is 0 Å². The van der Waals surface area contributed by atoms with Crippen molar-refractivity contribution in [3.05, 3.63) is 35.6 Å². The van der Waals surface area contributed by atoms with Gasteiger partial charge in [-0.25, -0.2) is 4.39 Å². The highest BCUT2D eigenvalue weighted by molar-refractivity contribution is 5.79. The molecule has 0 radical (unpaired) electrons. The van der Waals surface area contributed by atoms with E-state index in [1.807, 2.05) is 19.2 Å². The molecule has 1 aromatic carbocycles. The van der Waals surface area contributed by atoms with Gasteiger partial charge in [-0.15, -0.1) is 0 Å². The van der Waals surface area contributed by atoms with Crippen LogP contribution < -0.4 is 5.32 Å². The van der Waals surface area contributed by atoms with Crippen LogP contribution in [0.15, 0.2) is 29.3 Å². The molecule has 0 aromatic heterocycles. The van der Waals surface area contributed by atoms with Gasteiger partial charge in [-0.2, -0.15) is 0 Å². The highest BCUT2D eigenvalue weighted by atomic mass is 19.1. The molecular weight excluding hydrogens is 281 g/mol. The number of aliphatic imine (C=N–C) groups is 1. The number of rotatable bonds is 6. The summed E-state index contributed by atoms with van der Waals surface area (Å²) in [6, 6.07) is 6.60. The molecule has 0 spiro atoms. The molecule has 1 heterocycles. The summed E-state index contributed by atoms with van der Waals surface area (Å²) in [7, 11) is 2.00. The predicted molar refractivity (Wildman–Crippen MR) is 87.4 cm³/mol. The van der Waals surface area contributed by atoms with Gasteiger partial charge in [0.15, 0.2) is 5.96 Å². The van der Waals surface area contributed by atoms with E-state index in [1.165, 1.54) is 18.6 Å². The van der Waals surface area contributed by atoms with E-state index in [2.05, 4.69) is 22.1 Å². The van der Waals surface area contributed by atoms with Crippen molar-refractivity contribution in [2.24, 2.45) is 4.99 Å². The Morgan fingerprint density at radius 2 is 2.18 bits per heavy atom. The molecule has 1 aromatic rings. The molecule has 0 amide bonds. The van der Waals surface area contributed by atoms with Gasteiger partial charge in [0, 0.05) is 33.3 Å². The average Bonchev–Trinajstić information content (AvgIpc) is 3.02. The summed E-state index contributed by atoms with van der Waals surface area (Å²) in [5.74, 6) is 0.674. The zero-order chi connectivity index (χ0) is 15.8. The summed E-state index contributed by atoms with van der Waals surface area (Å²) >= 11 is 0. The van der Waals surface area contributed by atoms with Crippen molar-refractivity contribution < 1.29 is 9.13 Å². The van der Waals surface area contributed by atoms with E-state index in [0.29, 0.717) is 12.6 Å². The standard InChI is InChI=1S/C17H26FN3O/c1-3-19-17(20-11-10-16-5-4-12-22-16)21(2)13-14-6-8-15(18)9-7-14/h6-9,16H,3-5,10-13H2,1-2H3,(H,19,20). The van der Waals surface area contributed by atoms with Crippen molar-refractivity contribution >= 4 is 5.96 Å². The highest BCUT2D eigenvalue weighted by Crippen LogP contribution is 2.15. The molecule has 1 fully saturated rings. The van der Waals surface area contributed by atoms with Gasteiger partial charge in [0.2, 0.25) is 0 Å². The molecule has 1 atom stereocenters. The van der Waals surface area contributed by atoms with Crippen LogP contribution >= 0.6 is 0 Å². The van der Waals surface area contributed by atoms with E-state index in [4.69, 9.17) is 4.74 Å². The fourth-order valence-electron chi connectivity index (χ4n) is 2.59. The van der Waals surface area contributed by atoms with Gasteiger partial charge in [0.05, 0.1) is 6.10 Å². The van der Waals surface area contributed by atoms with Crippen LogP contribution in [-0.4, -0.2) is 43.7 Å². The monoisotopic (exact) mass is 307 g/mol. The molecule has 2 rings (SSSR count). The third kappa shape index (κ3) is 5.30. The number of halogens is 1. The van der Waals surface area contributed by atoms with Crippen LogP contribution in [0.3, 0.4) is 0 Å². The smallest absolute Gasteiger partial charge is 0.193 e. The van der Waals surface area contributed by atoms with Gasteiger partial charge in [-0.05, 0) is 43.9 Å². The number of nitrogens with zero attached hydrogens (tertiary/aromatic N) is 2. The van der Waals surface area contributed by atoms with Crippen LogP contribution in [0.25, 0.3) is 0 Å². The van der Waals surface area contributed by atoms with Crippen molar-refractivity contribution in [2.45, 2.75) is 38.8 Å². The Bertz CT molecular complexity index is 469. The molecule has 1 aliphatic rings. The Kier molecular flexibility index (Phi) is 6.65. The minimum Gasteiger partial charge on any atom is -0.378 e. The van der Waals surface area contributed by atoms with Gasteiger partial charge in [-0.3, -0.25) is 4.99 Å². The summed E-state index contributed by atoms with van der Waals surface area (Å²) in [5, 5.41) is 3.30. The van der Waals surface area contributed by atoms with Crippen molar-refractivity contribution in [1.29, 1.82) is 0 Å². The van der Waals surface area contributed by atoms with Gasteiger partial charge in [-0.1, -0.05) is 12.1 Å². The van der Waals surface area contributed by atoms with Crippen LogP contribution in [0.2, 0.25) is 0 Å². The van der Waals surface area contributed by atoms with Gasteiger partial charge < -0.3 is 15.0 Å². The third-order valence-electron chi connectivity index (χ3n) is 3.77. The normalized spacial score (nSPS) is 18.5. The molecule has 1 unspecified atom stereocenters. The first-order valence-electron chi connectivity index (χ1n) is 8.04. The van der Waals surface area contributed by atoms with Crippen LogP contribution in [0.5, 0.6) is 0 Å². The molecule has 1 aliphatic heterocycles. The minimum atomic E-state index is -0.205. The molecule has 1 N–H and O–H groups in total. The lowest BCUT2D eigenvalue weighted by atomic mass is 10.2. The largest absolute Gasteiger partial charge is 0.378 e. The van der Waals surface area contributed by atoms with Gasteiger partial charge in [0.25, 0.3) is 0 Å². The molecule has 1 saturated heterocycles. The maximum absolute atomic E-state index is 13.0. The van der Waals surface area contributed by atoms with E-state index < -0.39 is 0 Å². The van der Waals surface area contributed by atoms with Crippen molar-refractivity contribution in [2.75, 3.05) is 26.7 Å². The zero-order valence-corrected chi connectivity index (χ0v) is 13.5. The van der Waals surface area contributed by atoms with E-state index in [1.54, 1.807) is 0 Å². The summed E-state index contributed by atoms with van der Waals surface area (Å²) in [4.78, 5) is 6.73. The topological polar surface area (TPSA) is 36.9 Å². The summed E-state index contributed by atoms with van der Waals surface area (Å²) in [6.07, 6.45) is 3.66.